The van der Waals surface area contributed by atoms with E-state index in [1.54, 1.807) is 30.5 Å². The number of sulfonamides is 1. The molecular weight excluding hydrogens is 722 g/mol. The molecule has 53 heavy (non-hydrogen) atoms. The van der Waals surface area contributed by atoms with Crippen LogP contribution in [0.3, 0.4) is 0 Å². The summed E-state index contributed by atoms with van der Waals surface area (Å²) in [6.07, 6.45) is 7.13. The third kappa shape index (κ3) is 7.99. The number of rotatable bonds is 13. The minimum absolute atomic E-state index is 0.0156. The van der Waals surface area contributed by atoms with Crippen molar-refractivity contribution in [2.24, 2.45) is 11.3 Å². The fourth-order valence-electron chi connectivity index (χ4n) is 7.78. The molecule has 2 heterocycles. The molecule has 5 atom stereocenters. The number of fused-ring (bicyclic) bond motifs is 1. The van der Waals surface area contributed by atoms with Gasteiger partial charge in [0.1, 0.15) is 35.6 Å². The lowest BCUT2D eigenvalue weighted by Gasteiger charge is -2.35. The van der Waals surface area contributed by atoms with Gasteiger partial charge in [0.15, 0.2) is 0 Å². The molecule has 3 N–H and O–H groups in total. The van der Waals surface area contributed by atoms with E-state index in [9.17, 15) is 27.6 Å². The Balaban J connectivity index is 1.27. The van der Waals surface area contributed by atoms with Crippen molar-refractivity contribution in [2.75, 3.05) is 6.54 Å². The van der Waals surface area contributed by atoms with Crippen molar-refractivity contribution in [3.63, 3.8) is 0 Å². The van der Waals surface area contributed by atoms with E-state index in [2.05, 4.69) is 26.9 Å². The van der Waals surface area contributed by atoms with Crippen LogP contribution in [-0.4, -0.2) is 83.2 Å². The van der Waals surface area contributed by atoms with Crippen LogP contribution in [0.1, 0.15) is 91.9 Å². The summed E-state index contributed by atoms with van der Waals surface area (Å²) >= 11 is 6.20. The largest absolute Gasteiger partial charge is 0.488 e. The van der Waals surface area contributed by atoms with E-state index in [-0.39, 0.29) is 25.5 Å². The molecule has 2 aromatic rings. The highest BCUT2D eigenvalue weighted by molar-refractivity contribution is 7.91. The number of alkyl carbamates (subject to hydrolysis) is 1. The molecule has 4 aliphatic rings. The molecule has 1 aliphatic heterocycles. The fraction of sp³-hybridized carbons (Fsp3) is 0.605. The van der Waals surface area contributed by atoms with Crippen molar-refractivity contribution in [3.8, 4) is 5.75 Å². The Labute approximate surface area is 316 Å². The van der Waals surface area contributed by atoms with Crippen LogP contribution in [0.2, 0.25) is 5.02 Å². The first-order valence-electron chi connectivity index (χ1n) is 18.5. The van der Waals surface area contributed by atoms with Crippen molar-refractivity contribution >= 4 is 56.3 Å². The number of pyridine rings is 1. The van der Waals surface area contributed by atoms with Crippen LogP contribution in [-0.2, 0) is 29.1 Å². The van der Waals surface area contributed by atoms with Crippen molar-refractivity contribution in [1.82, 2.24) is 25.2 Å². The monoisotopic (exact) mass is 771 g/mol. The number of hydrogen-bond donors (Lipinski definition) is 3. The van der Waals surface area contributed by atoms with E-state index in [4.69, 9.17) is 21.1 Å². The number of likely N-dealkylation sites (tertiary alicyclic amines) is 1. The third-order valence-corrected chi connectivity index (χ3v) is 13.6. The molecule has 1 saturated heterocycles. The van der Waals surface area contributed by atoms with Crippen molar-refractivity contribution in [2.45, 2.75) is 126 Å². The molecule has 0 radical (unpaired) electrons. The lowest BCUT2D eigenvalue weighted by atomic mass is 9.85. The maximum atomic E-state index is 14.6. The van der Waals surface area contributed by atoms with E-state index in [1.807, 2.05) is 27.7 Å². The van der Waals surface area contributed by atoms with Gasteiger partial charge in [-0.25, -0.2) is 13.2 Å². The molecule has 0 unspecified atom stereocenters. The molecule has 0 spiro atoms. The summed E-state index contributed by atoms with van der Waals surface area (Å²) in [5.41, 5.74) is -1.74. The van der Waals surface area contributed by atoms with Gasteiger partial charge in [-0.1, -0.05) is 51.8 Å². The number of nitrogens with one attached hydrogen (secondary N) is 3. The maximum Gasteiger partial charge on any atom is 0.408 e. The average molecular weight is 772 g/mol. The third-order valence-electron chi connectivity index (χ3n) is 11.1. The van der Waals surface area contributed by atoms with Gasteiger partial charge in [-0.2, -0.15) is 0 Å². The maximum absolute atomic E-state index is 14.6. The minimum atomic E-state index is -4.01. The van der Waals surface area contributed by atoms with Crippen LogP contribution in [0.15, 0.2) is 43.1 Å². The second kappa shape index (κ2) is 14.7. The number of carbonyl (C=O) groups excluding carboxylic acids is 4. The van der Waals surface area contributed by atoms with Crippen LogP contribution < -0.4 is 20.1 Å². The number of aromatic nitrogens is 1. The fourth-order valence-corrected chi connectivity index (χ4v) is 9.70. The molecule has 6 rings (SSSR count). The van der Waals surface area contributed by atoms with Crippen LogP contribution in [0.25, 0.3) is 10.9 Å². The summed E-state index contributed by atoms with van der Waals surface area (Å²) in [5, 5.41) is 6.80. The number of amides is 4. The van der Waals surface area contributed by atoms with Gasteiger partial charge in [0.05, 0.1) is 16.8 Å². The van der Waals surface area contributed by atoms with Crippen LogP contribution in [0.4, 0.5) is 4.79 Å². The summed E-state index contributed by atoms with van der Waals surface area (Å²) in [4.78, 5) is 61.5. The first kappa shape index (κ1) is 38.8. The molecule has 1 aromatic heterocycles. The first-order chi connectivity index (χ1) is 25.0. The summed E-state index contributed by atoms with van der Waals surface area (Å²) in [6, 6.07) is 4.69. The van der Waals surface area contributed by atoms with E-state index in [1.165, 1.54) is 11.0 Å². The summed E-state index contributed by atoms with van der Waals surface area (Å²) in [7, 11) is -4.01. The van der Waals surface area contributed by atoms with Crippen LogP contribution >= 0.6 is 11.6 Å². The van der Waals surface area contributed by atoms with Gasteiger partial charge in [-0.15, -0.1) is 6.58 Å². The van der Waals surface area contributed by atoms with E-state index in [0.717, 1.165) is 25.7 Å². The number of carbonyl (C=O) groups is 4. The Hall–Kier alpha value is -3.91. The zero-order chi connectivity index (χ0) is 38.3. The Morgan fingerprint density at radius 2 is 1.85 bits per heavy atom. The normalized spacial score (nSPS) is 25.7. The summed E-state index contributed by atoms with van der Waals surface area (Å²) in [5.74, 6) is -2.04. The standard InChI is InChI=1S/C38H50ClN5O8S/c1-6-15-37(16-17-37)53(49,50)43-34(47)38(21-23(38)7-2)42-32(45)29-20-26(51-30-14-18-40-28-19-24(39)12-13-27(28)30)22-44(29)33(46)31(36(3,4)5)41-35(48)52-25-10-8-9-11-25/h7,12-14,18-19,23,25-26,29,31H,2,6,8-11,15-17,20-22H2,1,3-5H3,(H,41,48)(H,42,45)(H,43,47)/t23-,26+,29-,31+,38+/m0/s1. The lowest BCUT2D eigenvalue weighted by molar-refractivity contribution is -0.143. The zero-order valence-corrected chi connectivity index (χ0v) is 32.4. The van der Waals surface area contributed by atoms with Crippen molar-refractivity contribution in [3.05, 3.63) is 48.1 Å². The Morgan fingerprint density at radius 3 is 2.47 bits per heavy atom. The zero-order valence-electron chi connectivity index (χ0n) is 30.8. The highest BCUT2D eigenvalue weighted by Gasteiger charge is 2.63. The summed E-state index contributed by atoms with van der Waals surface area (Å²) in [6.45, 7) is 11.1. The molecule has 4 fully saturated rings. The Bertz CT molecular complexity index is 1890. The quantitative estimate of drug-likeness (QED) is 0.233. The highest BCUT2D eigenvalue weighted by Crippen LogP contribution is 2.49. The lowest BCUT2D eigenvalue weighted by Crippen LogP contribution is -2.60. The second-order valence-electron chi connectivity index (χ2n) is 16.1. The molecule has 4 amide bonds. The number of halogens is 1. The van der Waals surface area contributed by atoms with Crippen molar-refractivity contribution < 1.29 is 37.1 Å². The van der Waals surface area contributed by atoms with Gasteiger partial charge in [-0.05, 0) is 81.0 Å². The second-order valence-corrected chi connectivity index (χ2v) is 18.6. The van der Waals surface area contributed by atoms with E-state index in [0.29, 0.717) is 47.4 Å². The van der Waals surface area contributed by atoms with Gasteiger partial charge in [0.25, 0.3) is 5.91 Å². The summed E-state index contributed by atoms with van der Waals surface area (Å²) < 4.78 is 40.1. The predicted molar refractivity (Wildman–Crippen MR) is 200 cm³/mol. The van der Waals surface area contributed by atoms with Gasteiger partial charge in [0, 0.05) is 28.9 Å². The van der Waals surface area contributed by atoms with Crippen LogP contribution in [0, 0.1) is 11.3 Å². The number of hydrogen-bond acceptors (Lipinski definition) is 9. The van der Waals surface area contributed by atoms with Gasteiger partial charge < -0.3 is 25.0 Å². The van der Waals surface area contributed by atoms with Crippen molar-refractivity contribution in [1.29, 1.82) is 0 Å². The van der Waals surface area contributed by atoms with E-state index < -0.39 is 73.6 Å². The number of ether oxygens (including phenoxy) is 2. The number of benzene rings is 1. The average Bonchev–Trinajstić information content (AvgIpc) is 3.91. The van der Waals surface area contributed by atoms with Gasteiger partial charge >= 0.3 is 6.09 Å². The molecule has 15 heteroatoms. The molecule has 1 aromatic carbocycles. The number of nitrogens with zero attached hydrogens (tertiary/aromatic N) is 2. The molecular formula is C38H50ClN5O8S. The first-order valence-corrected chi connectivity index (χ1v) is 20.4. The van der Waals surface area contributed by atoms with Gasteiger partial charge in [0.2, 0.25) is 21.8 Å². The van der Waals surface area contributed by atoms with E-state index >= 15 is 0 Å². The molecule has 13 nitrogen and oxygen atoms in total. The Kier molecular flexibility index (Phi) is 10.8. The van der Waals surface area contributed by atoms with Crippen LogP contribution in [0.5, 0.6) is 5.75 Å². The molecule has 0 bridgehead atoms. The Morgan fingerprint density at radius 1 is 1.13 bits per heavy atom. The predicted octanol–water partition coefficient (Wildman–Crippen LogP) is 5.16. The molecule has 288 valence electrons. The smallest absolute Gasteiger partial charge is 0.408 e. The SMILES string of the molecule is C=C[C@H]1C[C@]1(NC(=O)[C@@H]1C[C@@H](Oc2ccnc3cc(Cl)ccc23)CN1C(=O)[C@@H](NC(=O)OC1CCCC1)C(C)(C)C)C(=O)NS(=O)(=O)C1(CCC)CC1. The molecule has 3 saturated carbocycles. The highest BCUT2D eigenvalue weighted by atomic mass is 35.5. The topological polar surface area (TPSA) is 173 Å². The molecule has 3 aliphatic carbocycles. The van der Waals surface area contributed by atoms with Gasteiger partial charge in [-0.3, -0.25) is 24.1 Å². The minimum Gasteiger partial charge on any atom is -0.488 e.